The molecule has 3 rings (SSSR count). The number of morpholine rings is 1. The van der Waals surface area contributed by atoms with E-state index in [1.807, 2.05) is 49.4 Å². The summed E-state index contributed by atoms with van der Waals surface area (Å²) in [5, 5.41) is 2.85. The van der Waals surface area contributed by atoms with Crippen molar-refractivity contribution in [2.75, 3.05) is 13.7 Å². The van der Waals surface area contributed by atoms with Gasteiger partial charge in [-0.15, -0.1) is 0 Å². The number of nitrogens with one attached hydrogen (secondary N) is 1. The van der Waals surface area contributed by atoms with Crippen molar-refractivity contribution in [3.8, 4) is 0 Å². The largest absolute Gasteiger partial charge is 0.356 e. The van der Waals surface area contributed by atoms with E-state index in [0.29, 0.717) is 6.54 Å². The fourth-order valence-electron chi connectivity index (χ4n) is 2.87. The summed E-state index contributed by atoms with van der Waals surface area (Å²) >= 11 is 0. The van der Waals surface area contributed by atoms with Gasteiger partial charge in [-0.3, -0.25) is 14.6 Å². The fourth-order valence-corrected chi connectivity index (χ4v) is 2.87. The molecule has 2 heterocycles. The number of pyridine rings is 1. The third kappa shape index (κ3) is 3.85. The highest BCUT2D eigenvalue weighted by Gasteiger charge is 2.39. The van der Waals surface area contributed by atoms with Crippen LogP contribution in [0.3, 0.4) is 0 Å². The molecule has 1 N–H and O–H groups in total. The van der Waals surface area contributed by atoms with Gasteiger partial charge in [-0.1, -0.05) is 35.9 Å². The average Bonchev–Trinajstić information content (AvgIpc) is 2.63. The van der Waals surface area contributed by atoms with Crippen LogP contribution in [0.2, 0.25) is 0 Å². The first kappa shape index (κ1) is 17.1. The third-order valence-electron chi connectivity index (χ3n) is 4.33. The topological polar surface area (TPSA) is 71.5 Å². The molecule has 0 bridgehead atoms. The van der Waals surface area contributed by atoms with Gasteiger partial charge in [0.15, 0.2) is 6.10 Å². The summed E-state index contributed by atoms with van der Waals surface area (Å²) in [6.07, 6.45) is 0.925. The molecule has 1 aromatic heterocycles. The zero-order valence-electron chi connectivity index (χ0n) is 14.3. The molecule has 0 aliphatic carbocycles. The first-order valence-corrected chi connectivity index (χ1v) is 8.17. The predicted molar refractivity (Wildman–Crippen MR) is 92.5 cm³/mol. The van der Waals surface area contributed by atoms with Crippen molar-refractivity contribution >= 4 is 11.8 Å². The molecule has 1 aliphatic heterocycles. The third-order valence-corrected chi connectivity index (χ3v) is 4.33. The summed E-state index contributed by atoms with van der Waals surface area (Å²) in [5.41, 5.74) is 2.76. The van der Waals surface area contributed by atoms with Crippen LogP contribution in [0.1, 0.15) is 22.9 Å². The molecule has 0 unspecified atom stereocenters. The van der Waals surface area contributed by atoms with Gasteiger partial charge < -0.3 is 15.0 Å². The summed E-state index contributed by atoms with van der Waals surface area (Å²) in [7, 11) is 1.70. The maximum absolute atomic E-state index is 12.7. The van der Waals surface area contributed by atoms with Crippen molar-refractivity contribution in [2.45, 2.75) is 25.6 Å². The van der Waals surface area contributed by atoms with Crippen molar-refractivity contribution in [3.63, 3.8) is 0 Å². The van der Waals surface area contributed by atoms with Crippen molar-refractivity contribution in [3.05, 3.63) is 65.5 Å². The monoisotopic (exact) mass is 339 g/mol. The van der Waals surface area contributed by atoms with E-state index in [9.17, 15) is 9.59 Å². The number of benzene rings is 1. The lowest BCUT2D eigenvalue weighted by atomic mass is 9.96. The van der Waals surface area contributed by atoms with Crippen LogP contribution in [0.5, 0.6) is 0 Å². The molecule has 0 radical (unpaired) electrons. The Morgan fingerprint density at radius 1 is 1.28 bits per heavy atom. The van der Waals surface area contributed by atoms with Gasteiger partial charge in [-0.25, -0.2) is 0 Å². The number of aromatic nitrogens is 1. The Morgan fingerprint density at radius 3 is 2.72 bits per heavy atom. The van der Waals surface area contributed by atoms with Crippen molar-refractivity contribution < 1.29 is 14.3 Å². The average molecular weight is 339 g/mol. The number of hydrogen-bond acceptors (Lipinski definition) is 4. The van der Waals surface area contributed by atoms with E-state index in [0.717, 1.165) is 16.8 Å². The van der Waals surface area contributed by atoms with E-state index < -0.39 is 12.1 Å². The summed E-state index contributed by atoms with van der Waals surface area (Å²) in [6, 6.07) is 12.9. The molecule has 0 saturated carbocycles. The minimum atomic E-state index is -0.755. The first-order valence-electron chi connectivity index (χ1n) is 8.17. The van der Waals surface area contributed by atoms with Crippen LogP contribution in [0.15, 0.2) is 48.7 Å². The van der Waals surface area contributed by atoms with Gasteiger partial charge in [0.1, 0.15) is 6.61 Å². The van der Waals surface area contributed by atoms with Crippen LogP contribution < -0.4 is 5.32 Å². The summed E-state index contributed by atoms with van der Waals surface area (Å²) in [5.74, 6) is -0.394. The summed E-state index contributed by atoms with van der Waals surface area (Å²) < 4.78 is 5.58. The number of nitrogens with zero attached hydrogens (tertiary/aromatic N) is 2. The lowest BCUT2D eigenvalue weighted by Crippen LogP contribution is -2.52. The molecule has 2 amide bonds. The highest BCUT2D eigenvalue weighted by molar-refractivity contribution is 5.86. The number of carbonyl (C=O) groups excluding carboxylic acids is 2. The first-order chi connectivity index (χ1) is 12.1. The molecule has 0 spiro atoms. The van der Waals surface area contributed by atoms with Gasteiger partial charge in [-0.05, 0) is 24.6 Å². The maximum atomic E-state index is 12.7. The molecule has 2 atom stereocenters. The summed E-state index contributed by atoms with van der Waals surface area (Å²) in [6.45, 7) is 2.21. The molecule has 25 heavy (non-hydrogen) atoms. The Bertz CT molecular complexity index is 746. The second-order valence-corrected chi connectivity index (χ2v) is 6.13. The molecule has 130 valence electrons. The van der Waals surface area contributed by atoms with Crippen LogP contribution >= 0.6 is 0 Å². The minimum Gasteiger partial charge on any atom is -0.356 e. The number of hydrogen-bond donors (Lipinski definition) is 1. The fraction of sp³-hybridized carbons (Fsp3) is 0.316. The SMILES string of the molecule is Cc1ccc([C@H]2[C@H](C(=O)NCc3ccccn3)OCC(=O)N2C)cc1. The normalized spacial score (nSPS) is 20.4. The Kier molecular flexibility index (Phi) is 5.09. The van der Waals surface area contributed by atoms with Gasteiger partial charge in [-0.2, -0.15) is 0 Å². The number of amides is 2. The number of likely N-dealkylation sites (N-methyl/N-ethyl adjacent to an activating group) is 1. The van der Waals surface area contributed by atoms with E-state index in [-0.39, 0.29) is 18.4 Å². The van der Waals surface area contributed by atoms with Crippen LogP contribution in [0.4, 0.5) is 0 Å². The van der Waals surface area contributed by atoms with E-state index in [1.54, 1.807) is 18.1 Å². The lowest BCUT2D eigenvalue weighted by molar-refractivity contribution is -0.162. The maximum Gasteiger partial charge on any atom is 0.252 e. The smallest absolute Gasteiger partial charge is 0.252 e. The van der Waals surface area contributed by atoms with Gasteiger partial charge in [0.25, 0.3) is 5.91 Å². The molecule has 1 fully saturated rings. The van der Waals surface area contributed by atoms with Crippen LogP contribution in [0, 0.1) is 6.92 Å². The molecular weight excluding hydrogens is 318 g/mol. The van der Waals surface area contributed by atoms with Crippen molar-refractivity contribution in [2.24, 2.45) is 0 Å². The molecule has 1 aromatic carbocycles. The van der Waals surface area contributed by atoms with Crippen LogP contribution in [-0.4, -0.2) is 41.5 Å². The van der Waals surface area contributed by atoms with Gasteiger partial charge in [0.05, 0.1) is 18.3 Å². The van der Waals surface area contributed by atoms with E-state index in [2.05, 4.69) is 10.3 Å². The Labute approximate surface area is 146 Å². The highest BCUT2D eigenvalue weighted by atomic mass is 16.5. The summed E-state index contributed by atoms with van der Waals surface area (Å²) in [4.78, 5) is 30.5. The Morgan fingerprint density at radius 2 is 2.04 bits per heavy atom. The number of ether oxygens (including phenoxy) is 1. The molecule has 6 nitrogen and oxygen atoms in total. The quantitative estimate of drug-likeness (QED) is 0.918. The van der Waals surface area contributed by atoms with Crippen LogP contribution in [-0.2, 0) is 20.9 Å². The Balaban J connectivity index is 1.78. The molecule has 1 aliphatic rings. The van der Waals surface area contributed by atoms with E-state index in [4.69, 9.17) is 4.74 Å². The second kappa shape index (κ2) is 7.44. The predicted octanol–water partition coefficient (Wildman–Crippen LogP) is 1.60. The lowest BCUT2D eigenvalue weighted by Gasteiger charge is -2.38. The Hall–Kier alpha value is -2.73. The van der Waals surface area contributed by atoms with Gasteiger partial charge >= 0.3 is 0 Å². The van der Waals surface area contributed by atoms with Crippen LogP contribution in [0.25, 0.3) is 0 Å². The van der Waals surface area contributed by atoms with Gasteiger partial charge in [0, 0.05) is 13.2 Å². The standard InChI is InChI=1S/C19H21N3O3/c1-13-6-8-14(9-7-13)17-18(25-12-16(23)22(17)2)19(24)21-11-15-5-3-4-10-20-15/h3-10,17-18H,11-12H2,1-2H3,(H,21,24)/t17-,18+/m0/s1. The minimum absolute atomic E-state index is 0.0967. The number of rotatable bonds is 4. The zero-order valence-corrected chi connectivity index (χ0v) is 14.3. The van der Waals surface area contributed by atoms with Crippen molar-refractivity contribution in [1.29, 1.82) is 0 Å². The molecule has 2 aromatic rings. The highest BCUT2D eigenvalue weighted by Crippen LogP contribution is 2.29. The molecule has 1 saturated heterocycles. The zero-order chi connectivity index (χ0) is 17.8. The van der Waals surface area contributed by atoms with Crippen molar-refractivity contribution in [1.82, 2.24) is 15.2 Å². The van der Waals surface area contributed by atoms with E-state index >= 15 is 0 Å². The molecule has 6 heteroatoms. The number of aryl methyl sites for hydroxylation is 1. The molecular formula is C19H21N3O3. The van der Waals surface area contributed by atoms with Gasteiger partial charge in [0.2, 0.25) is 5.91 Å². The number of carbonyl (C=O) groups is 2. The second-order valence-electron chi connectivity index (χ2n) is 6.13. The van der Waals surface area contributed by atoms with E-state index in [1.165, 1.54) is 0 Å².